The zero-order valence-corrected chi connectivity index (χ0v) is 12.0. The summed E-state index contributed by atoms with van der Waals surface area (Å²) in [5, 5.41) is 9.33. The van der Waals surface area contributed by atoms with Crippen molar-refractivity contribution in [3.05, 3.63) is 12.4 Å². The van der Waals surface area contributed by atoms with Gasteiger partial charge in [-0.2, -0.15) is 15.4 Å². The average molecular weight is 331 g/mol. The van der Waals surface area contributed by atoms with Crippen molar-refractivity contribution in [1.82, 2.24) is 25.2 Å². The van der Waals surface area contributed by atoms with Gasteiger partial charge in [0, 0.05) is 28.2 Å². The van der Waals surface area contributed by atoms with Gasteiger partial charge in [-0.05, 0) is 0 Å². The minimum Gasteiger partial charge on any atom is -0.198 e. The fourth-order valence-corrected chi connectivity index (χ4v) is 0.567. The number of hydrogen-bond acceptors (Lipinski definition) is 3. The van der Waals surface area contributed by atoms with Gasteiger partial charge in [0.05, 0.1) is 12.4 Å². The van der Waals surface area contributed by atoms with Gasteiger partial charge in [-0.15, -0.1) is 0 Å². The number of carbonyl (C=O) groups excluding carboxylic acids is 1. The normalized spacial score (nSPS) is 13.5. The molecule has 0 bridgehead atoms. The van der Waals surface area contributed by atoms with Gasteiger partial charge in [0.15, 0.2) is 0 Å². The summed E-state index contributed by atoms with van der Waals surface area (Å²) < 4.78 is 59.2. The van der Waals surface area contributed by atoms with Crippen LogP contribution in [-0.4, -0.2) is 59.4 Å². The molecule has 1 rings (SSSR count). The van der Waals surface area contributed by atoms with Crippen molar-refractivity contribution >= 4 is 13.8 Å². The van der Waals surface area contributed by atoms with E-state index in [2.05, 4.69) is 15.4 Å². The van der Waals surface area contributed by atoms with Gasteiger partial charge in [-0.25, -0.2) is 4.79 Å². The Bertz CT molecular complexity index is 355. The van der Waals surface area contributed by atoms with Gasteiger partial charge < -0.3 is 9.80 Å². The van der Waals surface area contributed by atoms with Gasteiger partial charge >= 0.3 is 40.4 Å². The van der Waals surface area contributed by atoms with Gasteiger partial charge in [0.2, 0.25) is 0 Å². The number of carbonyl (C=O) groups is 1. The molecule has 0 saturated carbocycles. The van der Waals surface area contributed by atoms with Crippen LogP contribution in [0.1, 0.15) is 1.43 Å². The fraction of sp³-hybridized carbons (Fsp3) is 0.571. The molecule has 0 aromatic carbocycles. The van der Waals surface area contributed by atoms with E-state index >= 15 is 0 Å². The summed E-state index contributed by atoms with van der Waals surface area (Å²) in [6.07, 6.45) is 3.17. The van der Waals surface area contributed by atoms with Crippen LogP contribution in [0.15, 0.2) is 12.4 Å². The van der Waals surface area contributed by atoms with Crippen LogP contribution in [0.4, 0.5) is 30.0 Å². The van der Waals surface area contributed by atoms with E-state index in [4.69, 9.17) is 0 Å². The number of aromatic amines is 1. The van der Waals surface area contributed by atoms with Crippen LogP contribution in [-0.2, 0) is 0 Å². The second kappa shape index (κ2) is 6.25. The number of halogens is 6. The summed E-state index contributed by atoms with van der Waals surface area (Å²) in [5.74, 6) is 0. The minimum absolute atomic E-state index is 0. The van der Waals surface area contributed by atoms with E-state index in [-0.39, 0.29) is 7.46 Å². The van der Waals surface area contributed by atoms with Gasteiger partial charge in [0.25, 0.3) is 0 Å². The number of H-pyrrole nitrogens is 1. The minimum atomic E-state index is -10.7. The molecule has 6 nitrogen and oxygen atoms in total. The Kier molecular flexibility index (Phi) is 6.48. The van der Waals surface area contributed by atoms with Crippen molar-refractivity contribution in [2.24, 2.45) is 0 Å². The van der Waals surface area contributed by atoms with Crippen molar-refractivity contribution < 1.29 is 31.4 Å². The first-order chi connectivity index (χ1) is 8.50. The molecule has 2 amide bonds. The molecule has 13 heteroatoms. The molecular weight excluding hydrogens is 315 g/mol. The number of aromatic nitrogens is 3. The van der Waals surface area contributed by atoms with Crippen LogP contribution >= 0.6 is 7.81 Å². The van der Waals surface area contributed by atoms with Gasteiger partial charge in [-0.1, -0.05) is 0 Å². The molecule has 0 spiro atoms. The quantitative estimate of drug-likeness (QED) is 0.584. The van der Waals surface area contributed by atoms with Crippen LogP contribution in [0.3, 0.4) is 0 Å². The number of urea groups is 1. The monoisotopic (exact) mass is 331 g/mol. The Balaban J connectivity index is -0.000000230. The Morgan fingerprint density at radius 2 is 1.20 bits per heavy atom. The van der Waals surface area contributed by atoms with Crippen LogP contribution in [0.2, 0.25) is 0 Å². The van der Waals surface area contributed by atoms with E-state index in [1.807, 2.05) is 0 Å². The number of hydrogen-bond donors (Lipinski definition) is 1. The molecule has 20 heavy (non-hydrogen) atoms. The van der Waals surface area contributed by atoms with Crippen LogP contribution in [0, 0.1) is 0 Å². The van der Waals surface area contributed by atoms with E-state index in [1.165, 1.54) is 9.80 Å². The predicted octanol–water partition coefficient (Wildman–Crippen LogP) is 3.53. The summed E-state index contributed by atoms with van der Waals surface area (Å²) in [6, 6.07) is 0.0185. The summed E-state index contributed by atoms with van der Waals surface area (Å²) in [7, 11) is -3.76. The molecule has 0 aliphatic rings. The first-order valence-electron chi connectivity index (χ1n) is 4.75. The molecule has 1 N–H and O–H groups in total. The van der Waals surface area contributed by atoms with Crippen LogP contribution in [0.5, 0.6) is 0 Å². The maximum absolute atomic E-state index is 10.7. The SMILES string of the molecule is CN(C)C(=O)N(C)C.F[P-](F)(F)(F)(F)F.[H+].c1cn[nH]n1. The Hall–Kier alpha value is -1.58. The summed E-state index contributed by atoms with van der Waals surface area (Å²) >= 11 is 0. The standard InChI is InChI=1S/C5H12N2O.C2H3N3.F6P/c1-6(2)5(8)7(3)4;1-2-4-5-3-1;1-7(2,3,4,5)6/h1-4H3;1-2H,(H,3,4,5);/q;;-1/p+1. The number of rotatable bonds is 0. The summed E-state index contributed by atoms with van der Waals surface area (Å²) in [4.78, 5) is 13.8. The smallest absolute Gasteiger partial charge is 0.198 e. The summed E-state index contributed by atoms with van der Waals surface area (Å²) in [6.45, 7) is 0. The zero-order chi connectivity index (χ0) is 16.7. The molecule has 1 aromatic rings. The second-order valence-corrected chi connectivity index (χ2v) is 5.60. The average Bonchev–Trinajstić information content (AvgIpc) is 2.68. The molecule has 0 saturated heterocycles. The van der Waals surface area contributed by atoms with E-state index < -0.39 is 7.81 Å². The third-order valence-corrected chi connectivity index (χ3v) is 1.10. The van der Waals surface area contributed by atoms with E-state index in [0.29, 0.717) is 0 Å². The van der Waals surface area contributed by atoms with E-state index in [9.17, 15) is 30.0 Å². The van der Waals surface area contributed by atoms with Crippen LogP contribution < -0.4 is 0 Å². The molecule has 0 atom stereocenters. The van der Waals surface area contributed by atoms with Gasteiger partial charge in [-0.3, -0.25) is 0 Å². The molecule has 1 aromatic heterocycles. The van der Waals surface area contributed by atoms with Crippen molar-refractivity contribution in [2.45, 2.75) is 0 Å². The fourth-order valence-electron chi connectivity index (χ4n) is 0.567. The first-order valence-corrected chi connectivity index (χ1v) is 6.78. The topological polar surface area (TPSA) is 65.1 Å². The molecule has 122 valence electrons. The second-order valence-electron chi connectivity index (χ2n) is 3.69. The molecular formula is C7H16F6N5OP. The Labute approximate surface area is 112 Å². The van der Waals surface area contributed by atoms with Gasteiger partial charge in [0.1, 0.15) is 0 Å². The maximum atomic E-state index is 10.7. The van der Waals surface area contributed by atoms with E-state index in [0.717, 1.165) is 0 Å². The Morgan fingerprint density at radius 1 is 0.950 bits per heavy atom. The number of nitrogens with zero attached hydrogens (tertiary/aromatic N) is 4. The maximum Gasteiger partial charge on any atom is 1.00 e. The molecule has 0 unspecified atom stereocenters. The number of nitrogens with one attached hydrogen (secondary N) is 1. The first kappa shape index (κ1) is 20.7. The predicted molar refractivity (Wildman–Crippen MR) is 63.8 cm³/mol. The molecule has 0 radical (unpaired) electrons. The van der Waals surface area contributed by atoms with Crippen molar-refractivity contribution in [1.29, 1.82) is 0 Å². The van der Waals surface area contributed by atoms with Crippen molar-refractivity contribution in [3.63, 3.8) is 0 Å². The Morgan fingerprint density at radius 3 is 1.25 bits per heavy atom. The zero-order valence-electron chi connectivity index (χ0n) is 12.1. The van der Waals surface area contributed by atoms with E-state index in [1.54, 1.807) is 40.6 Å². The van der Waals surface area contributed by atoms with Crippen molar-refractivity contribution in [3.8, 4) is 0 Å². The molecule has 1 heterocycles. The number of amides is 2. The third kappa shape index (κ3) is 29.9. The third-order valence-electron chi connectivity index (χ3n) is 1.10. The largest absolute Gasteiger partial charge is 1.00 e. The molecule has 0 aliphatic carbocycles. The summed E-state index contributed by atoms with van der Waals surface area (Å²) in [5.41, 5.74) is 0. The molecule has 0 aliphatic heterocycles. The molecule has 0 fully saturated rings. The van der Waals surface area contributed by atoms with Crippen LogP contribution in [0.25, 0.3) is 0 Å². The van der Waals surface area contributed by atoms with Crippen molar-refractivity contribution in [2.75, 3.05) is 28.2 Å².